The zero-order chi connectivity index (χ0) is 24.9. The smallest absolute Gasteiger partial charge is 0.233 e. The van der Waals surface area contributed by atoms with Crippen molar-refractivity contribution in [1.29, 1.82) is 0 Å². The largest absolute Gasteiger partial charge is 0.491 e. The second kappa shape index (κ2) is 10.8. The number of imidazole rings is 1. The molecule has 0 spiro atoms. The van der Waals surface area contributed by atoms with Crippen LogP contribution in [0.1, 0.15) is 5.56 Å². The number of aromatic amines is 1. The van der Waals surface area contributed by atoms with Crippen LogP contribution in [0.2, 0.25) is 0 Å². The number of ether oxygens (including phenoxy) is 3. The number of H-pyrrole nitrogens is 1. The highest BCUT2D eigenvalue weighted by Gasteiger charge is 2.22. The third-order valence-corrected chi connectivity index (χ3v) is 5.99. The summed E-state index contributed by atoms with van der Waals surface area (Å²) in [4.78, 5) is 22.1. The molecule has 1 aliphatic rings. The molecule has 0 amide bonds. The summed E-state index contributed by atoms with van der Waals surface area (Å²) in [7, 11) is 3.61. The minimum atomic E-state index is 0.506. The van der Waals surface area contributed by atoms with Gasteiger partial charge in [-0.2, -0.15) is 15.0 Å². The maximum Gasteiger partial charge on any atom is 0.233 e. The molecule has 4 aromatic rings. The van der Waals surface area contributed by atoms with Crippen molar-refractivity contribution in [2.45, 2.75) is 6.92 Å². The average molecular weight is 490 g/mol. The third-order valence-electron chi connectivity index (χ3n) is 5.99. The normalized spacial score (nSPS) is 13.7. The Morgan fingerprint density at radius 1 is 1.06 bits per heavy atom. The van der Waals surface area contributed by atoms with Crippen LogP contribution in [0, 0.1) is 6.92 Å². The number of fused-ring (bicyclic) bond motifs is 1. The summed E-state index contributed by atoms with van der Waals surface area (Å²) >= 11 is 0. The van der Waals surface area contributed by atoms with Gasteiger partial charge in [0.15, 0.2) is 11.5 Å². The number of methoxy groups -OCH3 is 1. The van der Waals surface area contributed by atoms with Crippen LogP contribution in [0.4, 0.5) is 29.1 Å². The summed E-state index contributed by atoms with van der Waals surface area (Å²) in [5.41, 5.74) is 4.47. The van der Waals surface area contributed by atoms with Crippen LogP contribution in [0.3, 0.4) is 0 Å². The van der Waals surface area contributed by atoms with Crippen molar-refractivity contribution in [1.82, 2.24) is 19.9 Å². The number of aryl methyl sites for hydroxylation is 1. The first kappa shape index (κ1) is 23.8. The molecular formula is C26H31N7O3. The quantitative estimate of drug-likeness (QED) is 0.337. The lowest BCUT2D eigenvalue weighted by Crippen LogP contribution is -2.37. The molecular weight excluding hydrogens is 458 g/mol. The van der Waals surface area contributed by atoms with Crippen LogP contribution in [0.5, 0.6) is 5.75 Å². The Morgan fingerprint density at radius 3 is 2.61 bits per heavy atom. The van der Waals surface area contributed by atoms with E-state index in [0.717, 1.165) is 41.5 Å². The van der Waals surface area contributed by atoms with Crippen LogP contribution < -0.4 is 19.9 Å². The summed E-state index contributed by atoms with van der Waals surface area (Å²) in [6, 6.07) is 16.0. The van der Waals surface area contributed by atoms with E-state index >= 15 is 0 Å². The molecule has 2 aromatic carbocycles. The number of anilines is 5. The fourth-order valence-corrected chi connectivity index (χ4v) is 4.07. The molecule has 36 heavy (non-hydrogen) atoms. The number of nitrogens with zero attached hydrogens (tertiary/aromatic N) is 5. The van der Waals surface area contributed by atoms with Gasteiger partial charge in [-0.25, -0.2) is 0 Å². The van der Waals surface area contributed by atoms with Crippen LogP contribution in [0.25, 0.3) is 11.2 Å². The van der Waals surface area contributed by atoms with Crippen molar-refractivity contribution in [3.05, 3.63) is 54.1 Å². The van der Waals surface area contributed by atoms with E-state index in [-0.39, 0.29) is 0 Å². The van der Waals surface area contributed by atoms with Gasteiger partial charge in [-0.15, -0.1) is 0 Å². The first-order valence-electron chi connectivity index (χ1n) is 12.0. The van der Waals surface area contributed by atoms with Gasteiger partial charge >= 0.3 is 0 Å². The number of hydrogen-bond acceptors (Lipinski definition) is 9. The van der Waals surface area contributed by atoms with E-state index in [9.17, 15) is 0 Å². The molecule has 188 valence electrons. The van der Waals surface area contributed by atoms with Crippen molar-refractivity contribution in [2.75, 3.05) is 68.8 Å². The van der Waals surface area contributed by atoms with Crippen LogP contribution in [0.15, 0.2) is 48.5 Å². The lowest BCUT2D eigenvalue weighted by atomic mass is 10.2. The summed E-state index contributed by atoms with van der Waals surface area (Å²) in [5, 5.41) is 3.36. The van der Waals surface area contributed by atoms with Gasteiger partial charge in [-0.05, 0) is 48.9 Å². The number of hydrogen-bond donors (Lipinski definition) is 2. The average Bonchev–Trinajstić information content (AvgIpc) is 3.31. The molecule has 0 radical (unpaired) electrons. The molecule has 2 N–H and O–H groups in total. The number of morpholine rings is 1. The fraction of sp³-hybridized carbons (Fsp3) is 0.346. The third kappa shape index (κ3) is 5.34. The van der Waals surface area contributed by atoms with E-state index in [4.69, 9.17) is 29.2 Å². The fourth-order valence-electron chi connectivity index (χ4n) is 4.07. The highest BCUT2D eigenvalue weighted by Crippen LogP contribution is 2.30. The summed E-state index contributed by atoms with van der Waals surface area (Å²) in [5.74, 6) is 2.78. The first-order valence-corrected chi connectivity index (χ1v) is 12.0. The van der Waals surface area contributed by atoms with Gasteiger partial charge in [0.05, 0.1) is 19.8 Å². The van der Waals surface area contributed by atoms with Crippen LogP contribution in [-0.2, 0) is 9.47 Å². The first-order chi connectivity index (χ1) is 17.6. The molecule has 10 heteroatoms. The van der Waals surface area contributed by atoms with Crippen molar-refractivity contribution >= 4 is 40.3 Å². The Labute approximate surface area is 210 Å². The zero-order valence-electron chi connectivity index (χ0n) is 20.8. The number of rotatable bonds is 9. The number of nitrogens with one attached hydrogen (secondary N) is 2. The van der Waals surface area contributed by atoms with E-state index in [0.29, 0.717) is 44.0 Å². The molecule has 2 aromatic heterocycles. The van der Waals surface area contributed by atoms with Gasteiger partial charge in [0.1, 0.15) is 17.9 Å². The van der Waals surface area contributed by atoms with Crippen LogP contribution >= 0.6 is 0 Å². The zero-order valence-corrected chi connectivity index (χ0v) is 20.8. The van der Waals surface area contributed by atoms with Crippen LogP contribution in [-0.4, -0.2) is 73.6 Å². The minimum absolute atomic E-state index is 0.506. The molecule has 10 nitrogen and oxygen atoms in total. The maximum absolute atomic E-state index is 5.69. The standard InChI is InChI=1S/C26H31N7O3/c1-18-5-4-6-19(17-18)27-25-28-22-23(29-25)30-26(31-24(22)33-11-13-35-14-12-33)32(2)20-7-9-21(10-8-20)36-16-15-34-3/h4-10,17H,11-16H2,1-3H3,(H2,27,28,29,30,31). The lowest BCUT2D eigenvalue weighted by molar-refractivity contribution is 0.122. The predicted octanol–water partition coefficient (Wildman–Crippen LogP) is 4.03. The molecule has 0 aliphatic carbocycles. The van der Waals surface area contributed by atoms with Gasteiger partial charge in [0.25, 0.3) is 0 Å². The molecule has 0 saturated carbocycles. The maximum atomic E-state index is 5.69. The van der Waals surface area contributed by atoms with Crippen molar-refractivity contribution in [3.63, 3.8) is 0 Å². The second-order valence-corrected chi connectivity index (χ2v) is 8.62. The Kier molecular flexibility index (Phi) is 7.15. The van der Waals surface area contributed by atoms with Gasteiger partial charge in [0.2, 0.25) is 11.9 Å². The topological polar surface area (TPSA) is 101 Å². The number of benzene rings is 2. The molecule has 0 unspecified atom stereocenters. The predicted molar refractivity (Wildman–Crippen MR) is 141 cm³/mol. The van der Waals surface area contributed by atoms with E-state index in [2.05, 4.69) is 34.3 Å². The van der Waals surface area contributed by atoms with Crippen molar-refractivity contribution in [3.8, 4) is 5.75 Å². The monoisotopic (exact) mass is 489 g/mol. The van der Waals surface area contributed by atoms with E-state index in [1.165, 1.54) is 5.56 Å². The van der Waals surface area contributed by atoms with Gasteiger partial charge < -0.3 is 34.3 Å². The van der Waals surface area contributed by atoms with E-state index in [1.54, 1.807) is 7.11 Å². The molecule has 3 heterocycles. The molecule has 5 rings (SSSR count). The Hall–Kier alpha value is -3.89. The van der Waals surface area contributed by atoms with Gasteiger partial charge in [-0.3, -0.25) is 0 Å². The highest BCUT2D eigenvalue weighted by molar-refractivity contribution is 5.87. The molecule has 1 fully saturated rings. The van der Waals surface area contributed by atoms with Gasteiger partial charge in [0, 0.05) is 38.6 Å². The molecule has 1 saturated heterocycles. The van der Waals surface area contributed by atoms with E-state index in [1.807, 2.05) is 48.3 Å². The Bertz CT molecular complexity index is 1300. The minimum Gasteiger partial charge on any atom is -0.491 e. The second-order valence-electron chi connectivity index (χ2n) is 8.62. The summed E-state index contributed by atoms with van der Waals surface area (Å²) in [6.07, 6.45) is 0. The SMILES string of the molecule is COCCOc1ccc(N(C)c2nc(N3CCOCC3)c3[nH]c(Nc4cccc(C)c4)nc3n2)cc1. The molecule has 1 aliphatic heterocycles. The number of aromatic nitrogens is 4. The van der Waals surface area contributed by atoms with Crippen molar-refractivity contribution in [2.24, 2.45) is 0 Å². The van der Waals surface area contributed by atoms with Crippen molar-refractivity contribution < 1.29 is 14.2 Å². The lowest BCUT2D eigenvalue weighted by Gasteiger charge is -2.29. The van der Waals surface area contributed by atoms with E-state index < -0.39 is 0 Å². The Balaban J connectivity index is 1.46. The van der Waals surface area contributed by atoms with Gasteiger partial charge in [-0.1, -0.05) is 12.1 Å². The molecule has 0 atom stereocenters. The summed E-state index contributed by atoms with van der Waals surface area (Å²) < 4.78 is 16.3. The molecule has 0 bridgehead atoms. The Morgan fingerprint density at radius 2 is 1.86 bits per heavy atom. The highest BCUT2D eigenvalue weighted by atomic mass is 16.5. The summed E-state index contributed by atoms with van der Waals surface area (Å²) in [6.45, 7) is 5.93.